The second-order valence-electron chi connectivity index (χ2n) is 3.93. The van der Waals surface area contributed by atoms with E-state index in [-0.39, 0.29) is 11.3 Å². The van der Waals surface area contributed by atoms with E-state index in [1.807, 2.05) is 0 Å². The number of ether oxygens (including phenoxy) is 1. The molecule has 94 valence electrons. The first-order chi connectivity index (χ1) is 8.15. The van der Waals surface area contributed by atoms with Crippen molar-refractivity contribution in [3.05, 3.63) is 29.6 Å². The lowest BCUT2D eigenvalue weighted by Gasteiger charge is -2.06. The van der Waals surface area contributed by atoms with E-state index in [4.69, 9.17) is 10.5 Å². The predicted molar refractivity (Wildman–Crippen MR) is 65.2 cm³/mol. The van der Waals surface area contributed by atoms with Crippen LogP contribution in [0.25, 0.3) is 0 Å². The monoisotopic (exact) mass is 239 g/mol. The summed E-state index contributed by atoms with van der Waals surface area (Å²) in [6.07, 6.45) is 4.17. The van der Waals surface area contributed by atoms with Crippen molar-refractivity contribution in [2.24, 2.45) is 0 Å². The van der Waals surface area contributed by atoms with E-state index in [0.717, 1.165) is 31.7 Å². The van der Waals surface area contributed by atoms with Gasteiger partial charge in [-0.05, 0) is 24.6 Å². The van der Waals surface area contributed by atoms with Crippen LogP contribution in [-0.2, 0) is 4.74 Å². The Kier molecular flexibility index (Phi) is 5.46. The third-order valence-electron chi connectivity index (χ3n) is 2.46. The molecule has 2 N–H and O–H groups in total. The molecule has 0 saturated carbocycles. The smallest absolute Gasteiger partial charge is 0.340 e. The van der Waals surface area contributed by atoms with Gasteiger partial charge >= 0.3 is 5.97 Å². The van der Waals surface area contributed by atoms with Gasteiger partial charge in [0.05, 0.1) is 12.2 Å². The first-order valence-corrected chi connectivity index (χ1v) is 5.87. The molecular weight excluding hydrogens is 221 g/mol. The van der Waals surface area contributed by atoms with Crippen LogP contribution in [0.15, 0.2) is 18.2 Å². The summed E-state index contributed by atoms with van der Waals surface area (Å²) in [5.41, 5.74) is 5.87. The fourth-order valence-electron chi connectivity index (χ4n) is 1.49. The second kappa shape index (κ2) is 6.89. The van der Waals surface area contributed by atoms with Crippen LogP contribution in [-0.4, -0.2) is 12.6 Å². The standard InChI is InChI=1S/C13H18FNO2/c1-2-3-4-5-8-17-13(16)11-7-6-10(14)9-12(11)15/h6-7,9H,2-5,8,15H2,1H3. The van der Waals surface area contributed by atoms with Crippen molar-refractivity contribution >= 4 is 11.7 Å². The highest BCUT2D eigenvalue weighted by Crippen LogP contribution is 2.14. The molecule has 0 heterocycles. The number of anilines is 1. The Morgan fingerprint density at radius 3 is 2.76 bits per heavy atom. The molecular formula is C13H18FNO2. The number of carbonyl (C=O) groups is 1. The number of nitrogens with two attached hydrogens (primary N) is 1. The molecule has 0 fully saturated rings. The number of carbonyl (C=O) groups excluding carboxylic acids is 1. The number of halogens is 1. The van der Waals surface area contributed by atoms with E-state index in [1.165, 1.54) is 12.1 Å². The van der Waals surface area contributed by atoms with Crippen LogP contribution < -0.4 is 5.73 Å². The second-order valence-corrected chi connectivity index (χ2v) is 3.93. The molecule has 0 aliphatic rings. The van der Waals surface area contributed by atoms with E-state index in [1.54, 1.807) is 0 Å². The lowest BCUT2D eigenvalue weighted by Crippen LogP contribution is -2.09. The molecule has 0 saturated heterocycles. The minimum atomic E-state index is -0.487. The van der Waals surface area contributed by atoms with Crippen molar-refractivity contribution in [2.45, 2.75) is 32.6 Å². The summed E-state index contributed by atoms with van der Waals surface area (Å²) in [7, 11) is 0. The average molecular weight is 239 g/mol. The zero-order valence-corrected chi connectivity index (χ0v) is 10.0. The minimum absolute atomic E-state index is 0.114. The van der Waals surface area contributed by atoms with Crippen LogP contribution in [0.3, 0.4) is 0 Å². The van der Waals surface area contributed by atoms with Crippen molar-refractivity contribution in [1.29, 1.82) is 0 Å². The van der Waals surface area contributed by atoms with Gasteiger partial charge in [-0.3, -0.25) is 0 Å². The molecule has 0 aromatic heterocycles. The van der Waals surface area contributed by atoms with Crippen LogP contribution >= 0.6 is 0 Å². The Balaban J connectivity index is 2.42. The van der Waals surface area contributed by atoms with Gasteiger partial charge in [0, 0.05) is 5.69 Å². The fourth-order valence-corrected chi connectivity index (χ4v) is 1.49. The number of hydrogen-bond donors (Lipinski definition) is 1. The first-order valence-electron chi connectivity index (χ1n) is 5.87. The zero-order chi connectivity index (χ0) is 12.7. The molecule has 0 aliphatic heterocycles. The maximum absolute atomic E-state index is 12.8. The highest BCUT2D eigenvalue weighted by Gasteiger charge is 2.11. The summed E-state index contributed by atoms with van der Waals surface area (Å²) < 4.78 is 17.8. The Morgan fingerprint density at radius 2 is 2.12 bits per heavy atom. The average Bonchev–Trinajstić information content (AvgIpc) is 2.28. The summed E-state index contributed by atoms with van der Waals surface area (Å²) in [5, 5.41) is 0. The van der Waals surface area contributed by atoms with E-state index < -0.39 is 11.8 Å². The molecule has 0 atom stereocenters. The molecule has 0 unspecified atom stereocenters. The Bertz CT molecular complexity index is 380. The number of unbranched alkanes of at least 4 members (excludes halogenated alkanes) is 3. The third-order valence-corrected chi connectivity index (χ3v) is 2.46. The molecule has 0 radical (unpaired) electrons. The van der Waals surface area contributed by atoms with Gasteiger partial charge < -0.3 is 10.5 Å². The SMILES string of the molecule is CCCCCCOC(=O)c1ccc(F)cc1N. The van der Waals surface area contributed by atoms with Crippen LogP contribution in [0.2, 0.25) is 0 Å². The lowest BCUT2D eigenvalue weighted by molar-refractivity contribution is 0.0499. The van der Waals surface area contributed by atoms with Gasteiger partial charge in [-0.25, -0.2) is 9.18 Å². The van der Waals surface area contributed by atoms with Crippen molar-refractivity contribution in [3.63, 3.8) is 0 Å². The Hall–Kier alpha value is -1.58. The largest absolute Gasteiger partial charge is 0.462 e. The number of rotatable bonds is 6. The van der Waals surface area contributed by atoms with Gasteiger partial charge in [0.2, 0.25) is 0 Å². The Morgan fingerprint density at radius 1 is 1.35 bits per heavy atom. The molecule has 3 nitrogen and oxygen atoms in total. The fraction of sp³-hybridized carbons (Fsp3) is 0.462. The molecule has 0 bridgehead atoms. The van der Waals surface area contributed by atoms with Gasteiger partial charge in [0.25, 0.3) is 0 Å². The van der Waals surface area contributed by atoms with Crippen molar-refractivity contribution < 1.29 is 13.9 Å². The van der Waals surface area contributed by atoms with Crippen LogP contribution in [0.1, 0.15) is 43.0 Å². The number of nitrogen functional groups attached to an aromatic ring is 1. The molecule has 1 rings (SSSR count). The Labute approximate surface area is 101 Å². The lowest BCUT2D eigenvalue weighted by atomic mass is 10.2. The van der Waals surface area contributed by atoms with E-state index >= 15 is 0 Å². The first kappa shape index (κ1) is 13.5. The normalized spacial score (nSPS) is 10.2. The maximum atomic E-state index is 12.8. The van der Waals surface area contributed by atoms with Crippen LogP contribution in [0.4, 0.5) is 10.1 Å². The van der Waals surface area contributed by atoms with Gasteiger partial charge in [-0.2, -0.15) is 0 Å². The van der Waals surface area contributed by atoms with Crippen LogP contribution in [0.5, 0.6) is 0 Å². The summed E-state index contributed by atoms with van der Waals surface area (Å²) in [6, 6.07) is 3.66. The van der Waals surface area contributed by atoms with Gasteiger partial charge in [-0.15, -0.1) is 0 Å². The van der Waals surface area contributed by atoms with Gasteiger partial charge in [0.1, 0.15) is 5.82 Å². The molecule has 0 aliphatic carbocycles. The summed E-state index contributed by atoms with van der Waals surface area (Å²) >= 11 is 0. The van der Waals surface area contributed by atoms with Gasteiger partial charge in [0.15, 0.2) is 0 Å². The number of esters is 1. The van der Waals surface area contributed by atoms with Crippen molar-refractivity contribution in [3.8, 4) is 0 Å². The van der Waals surface area contributed by atoms with Crippen molar-refractivity contribution in [1.82, 2.24) is 0 Å². The number of benzene rings is 1. The maximum Gasteiger partial charge on any atom is 0.340 e. The van der Waals surface area contributed by atoms with E-state index in [2.05, 4.69) is 6.92 Å². The molecule has 17 heavy (non-hydrogen) atoms. The quantitative estimate of drug-likeness (QED) is 0.471. The summed E-state index contributed by atoms with van der Waals surface area (Å²) in [5.74, 6) is -0.944. The molecule has 1 aromatic rings. The van der Waals surface area contributed by atoms with E-state index in [9.17, 15) is 9.18 Å². The highest BCUT2D eigenvalue weighted by atomic mass is 19.1. The summed E-state index contributed by atoms with van der Waals surface area (Å²) in [6.45, 7) is 2.50. The van der Waals surface area contributed by atoms with Gasteiger partial charge in [-0.1, -0.05) is 26.2 Å². The zero-order valence-electron chi connectivity index (χ0n) is 10.0. The van der Waals surface area contributed by atoms with E-state index in [0.29, 0.717) is 6.61 Å². The summed E-state index contributed by atoms with van der Waals surface area (Å²) in [4.78, 5) is 11.6. The number of hydrogen-bond acceptors (Lipinski definition) is 3. The minimum Gasteiger partial charge on any atom is -0.462 e. The van der Waals surface area contributed by atoms with Crippen molar-refractivity contribution in [2.75, 3.05) is 12.3 Å². The third kappa shape index (κ3) is 4.43. The predicted octanol–water partition coefficient (Wildman–Crippen LogP) is 3.15. The molecule has 0 amide bonds. The molecule has 0 spiro atoms. The topological polar surface area (TPSA) is 52.3 Å². The van der Waals surface area contributed by atoms with Crippen LogP contribution in [0, 0.1) is 5.82 Å². The molecule has 4 heteroatoms. The molecule has 1 aromatic carbocycles. The highest BCUT2D eigenvalue weighted by molar-refractivity contribution is 5.94.